The van der Waals surface area contributed by atoms with E-state index in [0.717, 1.165) is 4.31 Å². The van der Waals surface area contributed by atoms with Gasteiger partial charge in [-0.25, -0.2) is 8.42 Å². The molecule has 0 bridgehead atoms. The summed E-state index contributed by atoms with van der Waals surface area (Å²) in [5.41, 5.74) is 6.22. The van der Waals surface area contributed by atoms with Crippen LogP contribution in [-0.4, -0.2) is 25.7 Å². The summed E-state index contributed by atoms with van der Waals surface area (Å²) in [7, 11) is -2.46. The third kappa shape index (κ3) is 4.10. The topological polar surface area (TPSA) is 80.5 Å². The van der Waals surface area contributed by atoms with E-state index in [4.69, 9.17) is 28.9 Å². The van der Waals surface area contributed by atoms with Gasteiger partial charge < -0.3 is 5.73 Å². The van der Waals surface area contributed by atoms with Gasteiger partial charge in [0.25, 0.3) is 0 Å². The van der Waals surface area contributed by atoms with Crippen molar-refractivity contribution in [3.63, 3.8) is 0 Å². The highest BCUT2D eigenvalue weighted by Gasteiger charge is 2.27. The van der Waals surface area contributed by atoms with Crippen LogP contribution in [-0.2, 0) is 16.6 Å². The Hall–Kier alpha value is -1.12. The van der Waals surface area contributed by atoms with Crippen molar-refractivity contribution >= 4 is 55.1 Å². The van der Waals surface area contributed by atoms with Gasteiger partial charge >= 0.3 is 0 Å². The number of sulfonamides is 1. The number of nitrogens with two attached hydrogens (primary N) is 1. The van der Waals surface area contributed by atoms with Crippen molar-refractivity contribution < 1.29 is 13.2 Å². The maximum atomic E-state index is 12.7. The molecule has 1 amide bonds. The van der Waals surface area contributed by atoms with Crippen LogP contribution in [0.1, 0.15) is 15.9 Å². The Morgan fingerprint density at radius 2 is 1.67 bits per heavy atom. The van der Waals surface area contributed by atoms with Crippen molar-refractivity contribution in [1.29, 1.82) is 0 Å². The van der Waals surface area contributed by atoms with Crippen molar-refractivity contribution in [3.05, 3.63) is 62.0 Å². The third-order valence-corrected chi connectivity index (χ3v) is 6.46. The van der Waals surface area contributed by atoms with E-state index < -0.39 is 15.9 Å². The minimum Gasteiger partial charge on any atom is -0.366 e. The number of carbonyl (C=O) groups excluding carboxylic acids is 1. The van der Waals surface area contributed by atoms with Crippen molar-refractivity contribution in [3.8, 4) is 0 Å². The molecule has 24 heavy (non-hydrogen) atoms. The molecule has 0 aliphatic heterocycles. The van der Waals surface area contributed by atoms with E-state index in [1.54, 1.807) is 12.1 Å². The Morgan fingerprint density at radius 1 is 1.17 bits per heavy atom. The Kier molecular flexibility index (Phi) is 5.93. The lowest BCUT2D eigenvalue weighted by atomic mass is 10.1. The summed E-state index contributed by atoms with van der Waals surface area (Å²) in [4.78, 5) is 10.9. The van der Waals surface area contributed by atoms with Crippen molar-refractivity contribution in [2.45, 2.75) is 11.4 Å². The van der Waals surface area contributed by atoms with Crippen LogP contribution in [0.5, 0.6) is 0 Å². The molecule has 2 aromatic rings. The van der Waals surface area contributed by atoms with E-state index >= 15 is 0 Å². The van der Waals surface area contributed by atoms with Crippen molar-refractivity contribution in [2.75, 3.05) is 7.05 Å². The summed E-state index contributed by atoms with van der Waals surface area (Å²) in [5, 5.41) is 0.0654. The molecule has 0 spiro atoms. The highest BCUT2D eigenvalue weighted by molar-refractivity contribution is 9.10. The SMILES string of the molecule is CN(Cc1ccc(C(N)=O)cc1)S(=O)(=O)c1c(Cl)cc(Br)cc1Cl. The van der Waals surface area contributed by atoms with Gasteiger partial charge in [-0.3, -0.25) is 4.79 Å². The van der Waals surface area contributed by atoms with E-state index in [2.05, 4.69) is 15.9 Å². The molecule has 0 aliphatic carbocycles. The molecule has 2 N–H and O–H groups in total. The van der Waals surface area contributed by atoms with Crippen LogP contribution in [0.25, 0.3) is 0 Å². The van der Waals surface area contributed by atoms with E-state index in [1.807, 2.05) is 0 Å². The zero-order chi connectivity index (χ0) is 18.1. The first-order chi connectivity index (χ1) is 11.1. The Bertz CT molecular complexity index is 863. The maximum absolute atomic E-state index is 12.7. The number of hydrogen-bond acceptors (Lipinski definition) is 3. The van der Waals surface area contributed by atoms with Crippen LogP contribution in [0.2, 0.25) is 10.0 Å². The van der Waals surface area contributed by atoms with Gasteiger partial charge in [0.1, 0.15) is 4.90 Å². The van der Waals surface area contributed by atoms with Crippen molar-refractivity contribution in [2.24, 2.45) is 5.73 Å². The molecule has 0 aromatic heterocycles. The van der Waals surface area contributed by atoms with Crippen LogP contribution in [0.15, 0.2) is 45.8 Å². The average Bonchev–Trinajstić information content (AvgIpc) is 2.46. The fraction of sp³-hybridized carbons (Fsp3) is 0.133. The Balaban J connectivity index is 2.31. The molecular formula is C15H13BrCl2N2O3S. The summed E-state index contributed by atoms with van der Waals surface area (Å²) >= 11 is 15.3. The first-order valence-electron chi connectivity index (χ1n) is 6.62. The molecule has 5 nitrogen and oxygen atoms in total. The first-order valence-corrected chi connectivity index (χ1v) is 9.61. The molecule has 0 heterocycles. The molecule has 0 radical (unpaired) electrons. The smallest absolute Gasteiger partial charge is 0.248 e. The summed E-state index contributed by atoms with van der Waals surface area (Å²) in [6.07, 6.45) is 0. The van der Waals surface area contributed by atoms with E-state index in [9.17, 15) is 13.2 Å². The summed E-state index contributed by atoms with van der Waals surface area (Å²) in [6.45, 7) is 0.0874. The minimum absolute atomic E-state index is 0.0327. The monoisotopic (exact) mass is 450 g/mol. The molecule has 0 aliphatic rings. The van der Waals surface area contributed by atoms with Gasteiger partial charge in [-0.05, 0) is 29.8 Å². The van der Waals surface area contributed by atoms with Gasteiger partial charge in [-0.1, -0.05) is 51.3 Å². The minimum atomic E-state index is -3.88. The second-order valence-electron chi connectivity index (χ2n) is 5.02. The number of halogens is 3. The van der Waals surface area contributed by atoms with Crippen LogP contribution in [0, 0.1) is 0 Å². The molecule has 2 aromatic carbocycles. The number of nitrogens with zero attached hydrogens (tertiary/aromatic N) is 1. The predicted molar refractivity (Wildman–Crippen MR) is 97.8 cm³/mol. The highest BCUT2D eigenvalue weighted by Crippen LogP contribution is 2.34. The summed E-state index contributed by atoms with van der Waals surface area (Å²) < 4.78 is 27.2. The van der Waals surface area contributed by atoms with E-state index in [-0.39, 0.29) is 21.5 Å². The molecule has 0 unspecified atom stereocenters. The average molecular weight is 452 g/mol. The first kappa shape index (κ1) is 19.2. The largest absolute Gasteiger partial charge is 0.366 e. The number of benzene rings is 2. The molecule has 2 rings (SSSR count). The fourth-order valence-electron chi connectivity index (χ4n) is 2.05. The van der Waals surface area contributed by atoms with Gasteiger partial charge in [0, 0.05) is 23.6 Å². The van der Waals surface area contributed by atoms with Crippen LogP contribution in [0.4, 0.5) is 0 Å². The standard InChI is InChI=1S/C15H13BrCl2N2O3S/c1-20(8-9-2-4-10(5-3-9)15(19)21)24(22,23)14-12(17)6-11(16)7-13(14)18/h2-7H,8H2,1H3,(H2,19,21). The number of primary amides is 1. The van der Waals surface area contributed by atoms with E-state index in [1.165, 1.54) is 31.3 Å². The second kappa shape index (κ2) is 7.41. The number of rotatable bonds is 5. The van der Waals surface area contributed by atoms with Crippen LogP contribution in [0.3, 0.4) is 0 Å². The molecule has 0 saturated heterocycles. The lowest BCUT2D eigenvalue weighted by Gasteiger charge is -2.19. The quantitative estimate of drug-likeness (QED) is 0.752. The van der Waals surface area contributed by atoms with Gasteiger partial charge in [0.15, 0.2) is 0 Å². The third-order valence-electron chi connectivity index (χ3n) is 3.28. The summed E-state index contributed by atoms with van der Waals surface area (Å²) in [5.74, 6) is -0.545. The lowest BCUT2D eigenvalue weighted by Crippen LogP contribution is -2.27. The number of carbonyl (C=O) groups is 1. The summed E-state index contributed by atoms with van der Waals surface area (Å²) in [6, 6.07) is 9.29. The van der Waals surface area contributed by atoms with Crippen molar-refractivity contribution in [1.82, 2.24) is 4.31 Å². The molecule has 128 valence electrons. The highest BCUT2D eigenvalue weighted by atomic mass is 79.9. The van der Waals surface area contributed by atoms with Gasteiger partial charge in [0.05, 0.1) is 10.0 Å². The Labute approximate surface area is 158 Å². The molecular weight excluding hydrogens is 439 g/mol. The predicted octanol–water partition coefficient (Wildman–Crippen LogP) is 3.68. The maximum Gasteiger partial charge on any atom is 0.248 e. The zero-order valence-corrected chi connectivity index (χ0v) is 16.4. The van der Waals surface area contributed by atoms with E-state index in [0.29, 0.717) is 15.6 Å². The lowest BCUT2D eigenvalue weighted by molar-refractivity contribution is 0.1000. The Morgan fingerprint density at radius 3 is 2.12 bits per heavy atom. The number of amides is 1. The normalized spacial score (nSPS) is 11.7. The van der Waals surface area contributed by atoms with Gasteiger partial charge in [-0.2, -0.15) is 4.31 Å². The molecule has 0 fully saturated rings. The van der Waals surface area contributed by atoms with Crippen LogP contribution < -0.4 is 5.73 Å². The van der Waals surface area contributed by atoms with Gasteiger partial charge in [0.2, 0.25) is 15.9 Å². The second-order valence-corrected chi connectivity index (χ2v) is 8.73. The molecule has 0 saturated carbocycles. The molecule has 9 heteroatoms. The van der Waals surface area contributed by atoms with Gasteiger partial charge in [-0.15, -0.1) is 0 Å². The zero-order valence-electron chi connectivity index (χ0n) is 12.5. The number of hydrogen-bond donors (Lipinski definition) is 1. The van der Waals surface area contributed by atoms with Crippen LogP contribution >= 0.6 is 39.1 Å². The molecule has 0 atom stereocenters. The fourth-order valence-corrected chi connectivity index (χ4v) is 5.08.